The fourth-order valence-corrected chi connectivity index (χ4v) is 3.15. The normalized spacial score (nSPS) is 14.8. The quantitative estimate of drug-likeness (QED) is 0.530. The second-order valence-corrected chi connectivity index (χ2v) is 5.92. The predicted octanol–water partition coefficient (Wildman–Crippen LogP) is 2.66. The van der Waals surface area contributed by atoms with Crippen molar-refractivity contribution in [3.63, 3.8) is 0 Å². The van der Waals surface area contributed by atoms with Crippen LogP contribution < -0.4 is 4.90 Å². The number of rotatable bonds is 3. The van der Waals surface area contributed by atoms with Crippen molar-refractivity contribution in [2.45, 2.75) is 13.8 Å². The molecule has 2 aromatic rings. The van der Waals surface area contributed by atoms with E-state index in [1.54, 1.807) is 20.9 Å². The number of para-hydroxylation sites is 1. The molecule has 25 heavy (non-hydrogen) atoms. The largest absolute Gasteiger partial charge is 0.465 e. The van der Waals surface area contributed by atoms with Crippen LogP contribution in [0.25, 0.3) is 5.57 Å². The lowest BCUT2D eigenvalue weighted by molar-refractivity contribution is -0.112. The first-order valence-corrected chi connectivity index (χ1v) is 7.77. The maximum absolute atomic E-state index is 12.7. The zero-order valence-electron chi connectivity index (χ0n) is 14.5. The molecule has 0 unspecified atom stereocenters. The van der Waals surface area contributed by atoms with Crippen LogP contribution in [0.15, 0.2) is 30.3 Å². The minimum absolute atomic E-state index is 0.233. The number of hydrogen-bond acceptors (Lipinski definition) is 4. The molecule has 1 amide bonds. The first-order chi connectivity index (χ1) is 11.9. The maximum Gasteiger partial charge on any atom is 0.339 e. The number of hydrogen-bond donors (Lipinski definition) is 1. The van der Waals surface area contributed by atoms with Gasteiger partial charge in [0.05, 0.1) is 29.6 Å². The van der Waals surface area contributed by atoms with Crippen molar-refractivity contribution in [3.05, 3.63) is 58.4 Å². The molecule has 0 spiro atoms. The van der Waals surface area contributed by atoms with E-state index in [9.17, 15) is 14.4 Å². The molecular formula is C19H18N2O4. The van der Waals surface area contributed by atoms with Gasteiger partial charge in [-0.2, -0.15) is 0 Å². The zero-order chi connectivity index (χ0) is 18.3. The fraction of sp³-hybridized carbons (Fsp3) is 0.211. The Balaban J connectivity index is 2.05. The van der Waals surface area contributed by atoms with Gasteiger partial charge in [-0.1, -0.05) is 18.2 Å². The Morgan fingerprint density at radius 2 is 1.88 bits per heavy atom. The van der Waals surface area contributed by atoms with Crippen molar-refractivity contribution >= 4 is 28.9 Å². The Kier molecular flexibility index (Phi) is 4.04. The number of aromatic nitrogens is 1. The summed E-state index contributed by atoms with van der Waals surface area (Å²) in [6.45, 7) is 3.38. The molecule has 0 radical (unpaired) electrons. The number of ether oxygens (including phenoxy) is 1. The van der Waals surface area contributed by atoms with Gasteiger partial charge in [-0.3, -0.25) is 9.59 Å². The summed E-state index contributed by atoms with van der Waals surface area (Å²) in [7, 11) is 2.97. The molecule has 6 heteroatoms. The highest BCUT2D eigenvalue weighted by Crippen LogP contribution is 2.35. The van der Waals surface area contributed by atoms with Gasteiger partial charge in [-0.25, -0.2) is 4.79 Å². The number of esters is 1. The van der Waals surface area contributed by atoms with Crippen LogP contribution >= 0.6 is 0 Å². The minimum atomic E-state index is -0.500. The van der Waals surface area contributed by atoms with E-state index in [2.05, 4.69) is 4.98 Å². The molecule has 0 aliphatic carbocycles. The minimum Gasteiger partial charge on any atom is -0.465 e. The molecule has 1 N–H and O–H groups in total. The second kappa shape index (κ2) is 6.05. The van der Waals surface area contributed by atoms with E-state index in [0.717, 1.165) is 11.3 Å². The average Bonchev–Trinajstić information content (AvgIpc) is 3.03. The first-order valence-electron chi connectivity index (χ1n) is 7.77. The Bertz CT molecular complexity index is 937. The van der Waals surface area contributed by atoms with Crippen LogP contribution in [-0.4, -0.2) is 36.8 Å². The van der Waals surface area contributed by atoms with Crippen LogP contribution in [0.5, 0.6) is 0 Å². The third-order valence-corrected chi connectivity index (χ3v) is 4.44. The number of H-pyrrole nitrogens is 1. The number of nitrogens with one attached hydrogen (secondary N) is 1. The number of ketones is 1. The number of aromatic amines is 1. The van der Waals surface area contributed by atoms with Crippen molar-refractivity contribution in [1.29, 1.82) is 0 Å². The summed E-state index contributed by atoms with van der Waals surface area (Å²) in [5.41, 5.74) is 3.53. The highest BCUT2D eigenvalue weighted by atomic mass is 16.5. The maximum atomic E-state index is 12.7. The molecule has 1 aliphatic heterocycles. The average molecular weight is 338 g/mol. The molecule has 1 aliphatic rings. The number of anilines is 1. The van der Waals surface area contributed by atoms with E-state index in [1.807, 2.05) is 24.3 Å². The molecule has 0 fully saturated rings. The molecular weight excluding hydrogens is 320 g/mol. The summed E-state index contributed by atoms with van der Waals surface area (Å²) in [4.78, 5) is 41.5. The Labute approximate surface area is 145 Å². The summed E-state index contributed by atoms with van der Waals surface area (Å²) >= 11 is 0. The van der Waals surface area contributed by atoms with Gasteiger partial charge >= 0.3 is 5.97 Å². The van der Waals surface area contributed by atoms with Gasteiger partial charge in [-0.05, 0) is 25.5 Å². The molecule has 128 valence electrons. The van der Waals surface area contributed by atoms with Gasteiger partial charge < -0.3 is 14.6 Å². The second-order valence-electron chi connectivity index (χ2n) is 5.92. The Morgan fingerprint density at radius 3 is 2.56 bits per heavy atom. The fourth-order valence-electron chi connectivity index (χ4n) is 3.15. The topological polar surface area (TPSA) is 79.5 Å². The van der Waals surface area contributed by atoms with Crippen molar-refractivity contribution in [3.8, 4) is 0 Å². The van der Waals surface area contributed by atoms with Crippen LogP contribution in [0.1, 0.15) is 37.7 Å². The Hall–Kier alpha value is -3.15. The zero-order valence-corrected chi connectivity index (χ0v) is 14.5. The summed E-state index contributed by atoms with van der Waals surface area (Å²) in [6, 6.07) is 7.30. The predicted molar refractivity (Wildman–Crippen MR) is 93.8 cm³/mol. The summed E-state index contributed by atoms with van der Waals surface area (Å²) in [5.74, 6) is -1.09. The van der Waals surface area contributed by atoms with Crippen LogP contribution in [0.4, 0.5) is 5.69 Å². The molecule has 3 rings (SSSR count). The number of aryl methyl sites for hydroxylation is 1. The number of carbonyl (C=O) groups excluding carboxylic acids is 3. The summed E-state index contributed by atoms with van der Waals surface area (Å²) < 4.78 is 4.76. The lowest BCUT2D eigenvalue weighted by Gasteiger charge is -2.07. The molecule has 1 aromatic heterocycles. The molecule has 1 aromatic carbocycles. The number of likely N-dealkylation sites (N-methyl/N-ethyl adjacent to an activating group) is 1. The highest BCUT2D eigenvalue weighted by Gasteiger charge is 2.30. The number of methoxy groups -OCH3 is 1. The number of fused-ring (bicyclic) bond motifs is 1. The van der Waals surface area contributed by atoms with Crippen LogP contribution in [0.3, 0.4) is 0 Å². The van der Waals surface area contributed by atoms with Gasteiger partial charge in [-0.15, -0.1) is 0 Å². The van der Waals surface area contributed by atoms with E-state index in [4.69, 9.17) is 4.74 Å². The number of allylic oxidation sites excluding steroid dienone is 1. The molecule has 0 bridgehead atoms. The summed E-state index contributed by atoms with van der Waals surface area (Å²) in [5, 5.41) is 0. The van der Waals surface area contributed by atoms with E-state index >= 15 is 0 Å². The van der Waals surface area contributed by atoms with Gasteiger partial charge in [0.1, 0.15) is 0 Å². The van der Waals surface area contributed by atoms with Gasteiger partial charge in [0, 0.05) is 24.4 Å². The van der Waals surface area contributed by atoms with E-state index in [1.165, 1.54) is 18.1 Å². The molecule has 2 heterocycles. The Morgan fingerprint density at radius 1 is 1.20 bits per heavy atom. The highest BCUT2D eigenvalue weighted by molar-refractivity contribution is 6.35. The van der Waals surface area contributed by atoms with Crippen LogP contribution in [-0.2, 0) is 9.53 Å². The van der Waals surface area contributed by atoms with Crippen LogP contribution in [0.2, 0.25) is 0 Å². The molecule has 0 saturated carbocycles. The van der Waals surface area contributed by atoms with Crippen molar-refractivity contribution in [1.82, 2.24) is 4.98 Å². The summed E-state index contributed by atoms with van der Waals surface area (Å²) in [6.07, 6.45) is 1.32. The number of benzene rings is 1. The monoisotopic (exact) mass is 338 g/mol. The third-order valence-electron chi connectivity index (χ3n) is 4.44. The smallest absolute Gasteiger partial charge is 0.339 e. The SMILES string of the molecule is COC(=O)c1c(C)[nH]c(C(=O)C=C2C(=O)N(C)c3ccccc32)c1C. The number of nitrogens with zero attached hydrogens (tertiary/aromatic N) is 1. The van der Waals surface area contributed by atoms with Gasteiger partial charge in [0.15, 0.2) is 0 Å². The third kappa shape index (κ3) is 2.55. The molecule has 0 atom stereocenters. The first kappa shape index (κ1) is 16.7. The lowest BCUT2D eigenvalue weighted by Crippen LogP contribution is -2.20. The number of amides is 1. The van der Waals surface area contributed by atoms with Crippen LogP contribution in [0, 0.1) is 13.8 Å². The van der Waals surface area contributed by atoms with E-state index < -0.39 is 5.97 Å². The van der Waals surface area contributed by atoms with Gasteiger partial charge in [0.2, 0.25) is 5.78 Å². The van der Waals surface area contributed by atoms with E-state index in [-0.39, 0.29) is 17.4 Å². The number of carbonyl (C=O) groups is 3. The van der Waals surface area contributed by atoms with Crippen molar-refractivity contribution < 1.29 is 19.1 Å². The molecule has 0 saturated heterocycles. The molecule has 6 nitrogen and oxygen atoms in total. The van der Waals surface area contributed by atoms with Crippen molar-refractivity contribution in [2.24, 2.45) is 0 Å². The van der Waals surface area contributed by atoms with Gasteiger partial charge in [0.25, 0.3) is 5.91 Å². The standard InChI is InChI=1S/C19H18N2O4/c1-10-16(19(24)25-4)11(2)20-17(10)15(22)9-13-12-7-5-6-8-14(12)21(3)18(13)23/h5-9,20H,1-4H3. The van der Waals surface area contributed by atoms with E-state index in [0.29, 0.717) is 22.4 Å². The lowest BCUT2D eigenvalue weighted by atomic mass is 10.0. The van der Waals surface area contributed by atoms with Crippen molar-refractivity contribution in [2.75, 3.05) is 19.1 Å².